The van der Waals surface area contributed by atoms with Gasteiger partial charge >= 0.3 is 0 Å². The van der Waals surface area contributed by atoms with Gasteiger partial charge in [-0.1, -0.05) is 18.9 Å². The Morgan fingerprint density at radius 2 is 2.12 bits per heavy atom. The maximum absolute atomic E-state index is 13.7. The number of fused-ring (bicyclic) bond motifs is 2. The molecule has 5 nitrogen and oxygen atoms in total. The Bertz CT molecular complexity index is 798. The number of H-pyrrole nitrogens is 1. The van der Waals surface area contributed by atoms with Crippen LogP contribution in [0.4, 0.5) is 8.78 Å². The van der Waals surface area contributed by atoms with Crippen LogP contribution >= 0.6 is 0 Å². The molecule has 3 N–H and O–H groups in total. The average Bonchev–Trinajstić information content (AvgIpc) is 3.24. The van der Waals surface area contributed by atoms with Gasteiger partial charge in [0.25, 0.3) is 0 Å². The third kappa shape index (κ3) is 2.93. The minimum Gasteiger partial charge on any atom is -0.351 e. The molecule has 2 heterocycles. The van der Waals surface area contributed by atoms with Crippen LogP contribution in [-0.4, -0.2) is 21.9 Å². The predicted molar refractivity (Wildman–Crippen MR) is 87.6 cm³/mol. The van der Waals surface area contributed by atoms with Crippen molar-refractivity contribution in [2.45, 2.75) is 50.2 Å². The summed E-state index contributed by atoms with van der Waals surface area (Å²) in [4.78, 5) is 20.2. The number of aromatic amines is 1. The molecule has 132 valence electrons. The molecule has 1 amide bonds. The van der Waals surface area contributed by atoms with Crippen LogP contribution in [0, 0.1) is 11.6 Å². The highest BCUT2D eigenvalue weighted by atomic mass is 19.1. The summed E-state index contributed by atoms with van der Waals surface area (Å²) in [6, 6.07) is 2.97. The van der Waals surface area contributed by atoms with Gasteiger partial charge in [0.2, 0.25) is 5.91 Å². The first-order chi connectivity index (χ1) is 12.1. The summed E-state index contributed by atoms with van der Waals surface area (Å²) in [5.41, 5.74) is 2.05. The average molecular weight is 346 g/mol. The van der Waals surface area contributed by atoms with Crippen LogP contribution in [-0.2, 0) is 23.3 Å². The first kappa shape index (κ1) is 16.2. The lowest BCUT2D eigenvalue weighted by molar-refractivity contribution is -0.124. The molecular weight excluding hydrogens is 326 g/mol. The van der Waals surface area contributed by atoms with Crippen LogP contribution in [0.15, 0.2) is 24.5 Å². The van der Waals surface area contributed by atoms with Gasteiger partial charge in [-0.15, -0.1) is 0 Å². The number of hydrogen-bond donors (Lipinski definition) is 3. The fourth-order valence-electron chi connectivity index (χ4n) is 4.03. The standard InChI is InChI=1S/C18H20F2N4O/c19-12-4-3-11(13(20)7-12)9-21-17(25)15-8-14-16(23-10-22-14)18(24-15)5-1-2-6-18/h3-4,7,10,15,24H,1-2,5-6,8-9H2,(H,21,25)(H,22,23). The number of amides is 1. The molecule has 1 aromatic heterocycles. The molecule has 1 fully saturated rings. The number of aromatic nitrogens is 2. The van der Waals surface area contributed by atoms with Crippen LogP contribution in [0.25, 0.3) is 0 Å². The number of hydrogen-bond acceptors (Lipinski definition) is 3. The van der Waals surface area contributed by atoms with Crippen LogP contribution in [0.2, 0.25) is 0 Å². The Labute approximate surface area is 144 Å². The lowest BCUT2D eigenvalue weighted by Gasteiger charge is -2.38. The van der Waals surface area contributed by atoms with Gasteiger partial charge in [0.15, 0.2) is 0 Å². The largest absolute Gasteiger partial charge is 0.351 e. The number of imidazole rings is 1. The van der Waals surface area contributed by atoms with Crippen LogP contribution in [0.1, 0.15) is 42.6 Å². The van der Waals surface area contributed by atoms with E-state index in [0.717, 1.165) is 43.1 Å². The van der Waals surface area contributed by atoms with E-state index in [1.807, 2.05) is 0 Å². The smallest absolute Gasteiger partial charge is 0.237 e. The van der Waals surface area contributed by atoms with Gasteiger partial charge in [0, 0.05) is 30.3 Å². The third-order valence-corrected chi connectivity index (χ3v) is 5.27. The van der Waals surface area contributed by atoms with Crippen LogP contribution in [0.5, 0.6) is 0 Å². The minimum absolute atomic E-state index is 0.0337. The lowest BCUT2D eigenvalue weighted by atomic mass is 9.84. The van der Waals surface area contributed by atoms with Crippen molar-refractivity contribution in [1.82, 2.24) is 20.6 Å². The van der Waals surface area contributed by atoms with Crippen molar-refractivity contribution in [3.63, 3.8) is 0 Å². The second kappa shape index (κ2) is 6.22. The molecule has 0 bridgehead atoms. The monoisotopic (exact) mass is 346 g/mol. The van der Waals surface area contributed by atoms with E-state index < -0.39 is 17.7 Å². The van der Waals surface area contributed by atoms with Crippen LogP contribution < -0.4 is 10.6 Å². The number of benzene rings is 1. The summed E-state index contributed by atoms with van der Waals surface area (Å²) in [5, 5.41) is 6.24. The minimum atomic E-state index is -0.653. The van der Waals surface area contributed by atoms with E-state index in [-0.39, 0.29) is 23.6 Å². The van der Waals surface area contributed by atoms with Crippen LogP contribution in [0.3, 0.4) is 0 Å². The maximum atomic E-state index is 13.7. The van der Waals surface area contributed by atoms with Gasteiger partial charge < -0.3 is 10.3 Å². The van der Waals surface area contributed by atoms with Crippen molar-refractivity contribution in [1.29, 1.82) is 0 Å². The summed E-state index contributed by atoms with van der Waals surface area (Å²) < 4.78 is 26.7. The van der Waals surface area contributed by atoms with E-state index in [1.54, 1.807) is 6.33 Å². The summed E-state index contributed by atoms with van der Waals surface area (Å²) in [5.74, 6) is -1.47. The molecular formula is C18H20F2N4O. The summed E-state index contributed by atoms with van der Waals surface area (Å²) in [7, 11) is 0. The molecule has 0 saturated heterocycles. The quantitative estimate of drug-likeness (QED) is 0.799. The Kier molecular flexibility index (Phi) is 4.03. The molecule has 4 rings (SSSR count). The Morgan fingerprint density at radius 3 is 2.88 bits per heavy atom. The van der Waals surface area contributed by atoms with Gasteiger partial charge in [0.05, 0.1) is 23.6 Å². The van der Waals surface area contributed by atoms with E-state index >= 15 is 0 Å². The highest BCUT2D eigenvalue weighted by Gasteiger charge is 2.45. The van der Waals surface area contributed by atoms with E-state index in [0.29, 0.717) is 6.42 Å². The molecule has 1 aliphatic carbocycles. The zero-order chi connectivity index (χ0) is 17.4. The highest BCUT2D eigenvalue weighted by Crippen LogP contribution is 2.41. The van der Waals surface area contributed by atoms with E-state index in [9.17, 15) is 13.6 Å². The van der Waals surface area contributed by atoms with Crippen molar-refractivity contribution < 1.29 is 13.6 Å². The first-order valence-corrected chi connectivity index (χ1v) is 8.59. The molecule has 1 saturated carbocycles. The van der Waals surface area contributed by atoms with Crippen molar-refractivity contribution in [3.8, 4) is 0 Å². The first-order valence-electron chi connectivity index (χ1n) is 8.59. The SMILES string of the molecule is O=C(NCc1ccc(F)cc1F)C1Cc2[nH]cnc2C2(CCCC2)N1. The van der Waals surface area contributed by atoms with E-state index in [2.05, 4.69) is 20.6 Å². The van der Waals surface area contributed by atoms with E-state index in [4.69, 9.17) is 0 Å². The van der Waals surface area contributed by atoms with Gasteiger partial charge in [-0.3, -0.25) is 10.1 Å². The summed E-state index contributed by atoms with van der Waals surface area (Å²) in [6.07, 6.45) is 6.33. The number of carbonyl (C=O) groups excluding carboxylic acids is 1. The van der Waals surface area contributed by atoms with Gasteiger partial charge in [-0.2, -0.15) is 0 Å². The Hall–Kier alpha value is -2.28. The summed E-state index contributed by atoms with van der Waals surface area (Å²) >= 11 is 0. The predicted octanol–water partition coefficient (Wildman–Crippen LogP) is 2.29. The maximum Gasteiger partial charge on any atom is 0.237 e. The van der Waals surface area contributed by atoms with Crippen molar-refractivity contribution in [2.24, 2.45) is 0 Å². The molecule has 1 aliphatic heterocycles. The number of rotatable bonds is 3. The Balaban J connectivity index is 1.48. The number of nitrogens with zero attached hydrogens (tertiary/aromatic N) is 1. The normalized spacial score (nSPS) is 21.3. The summed E-state index contributed by atoms with van der Waals surface area (Å²) in [6.45, 7) is 0.0337. The fourth-order valence-corrected chi connectivity index (χ4v) is 4.03. The molecule has 1 atom stereocenters. The second-order valence-electron chi connectivity index (χ2n) is 6.87. The molecule has 1 unspecified atom stereocenters. The molecule has 25 heavy (non-hydrogen) atoms. The van der Waals surface area contributed by atoms with Crippen molar-refractivity contribution in [3.05, 3.63) is 53.1 Å². The molecule has 1 spiro atoms. The Morgan fingerprint density at radius 1 is 1.32 bits per heavy atom. The van der Waals surface area contributed by atoms with Crippen molar-refractivity contribution >= 4 is 5.91 Å². The molecule has 0 radical (unpaired) electrons. The zero-order valence-corrected chi connectivity index (χ0v) is 13.7. The molecule has 2 aliphatic rings. The molecule has 1 aromatic carbocycles. The number of nitrogens with one attached hydrogen (secondary N) is 3. The van der Waals surface area contributed by atoms with Gasteiger partial charge in [-0.05, 0) is 18.9 Å². The topological polar surface area (TPSA) is 69.8 Å². The third-order valence-electron chi connectivity index (χ3n) is 5.27. The second-order valence-corrected chi connectivity index (χ2v) is 6.87. The molecule has 2 aromatic rings. The van der Waals surface area contributed by atoms with Gasteiger partial charge in [-0.25, -0.2) is 13.8 Å². The number of carbonyl (C=O) groups is 1. The lowest BCUT2D eigenvalue weighted by Crippen LogP contribution is -2.57. The number of halogens is 2. The fraction of sp³-hybridized carbons (Fsp3) is 0.444. The zero-order valence-electron chi connectivity index (χ0n) is 13.7. The van der Waals surface area contributed by atoms with Crippen molar-refractivity contribution in [2.75, 3.05) is 0 Å². The van der Waals surface area contributed by atoms with Gasteiger partial charge in [0.1, 0.15) is 11.6 Å². The van der Waals surface area contributed by atoms with E-state index in [1.165, 1.54) is 12.1 Å². The highest BCUT2D eigenvalue weighted by molar-refractivity contribution is 5.82. The molecule has 7 heteroatoms.